The van der Waals surface area contributed by atoms with Gasteiger partial charge in [0, 0.05) is 11.4 Å². The third-order valence-electron chi connectivity index (χ3n) is 4.09. The van der Waals surface area contributed by atoms with Gasteiger partial charge in [0.1, 0.15) is 11.4 Å². The van der Waals surface area contributed by atoms with Gasteiger partial charge in [0.15, 0.2) is 0 Å². The maximum atomic E-state index is 12.5. The molecule has 0 aliphatic carbocycles. The first kappa shape index (κ1) is 16.8. The summed E-state index contributed by atoms with van der Waals surface area (Å²) in [6.07, 6.45) is 0.633. The van der Waals surface area contributed by atoms with Crippen LogP contribution in [0, 0.1) is 0 Å². The van der Waals surface area contributed by atoms with Crippen molar-refractivity contribution in [3.63, 3.8) is 0 Å². The Balaban J connectivity index is 1.77. The van der Waals surface area contributed by atoms with Gasteiger partial charge in [0.25, 0.3) is 11.5 Å². The van der Waals surface area contributed by atoms with Crippen LogP contribution in [0.2, 0.25) is 0 Å². The number of benzene rings is 2. The van der Waals surface area contributed by atoms with E-state index in [0.717, 1.165) is 16.7 Å². The molecule has 0 fully saturated rings. The largest absolute Gasteiger partial charge is 0.496 e. The molecule has 0 bridgehead atoms. The topological polar surface area (TPSA) is 71.2 Å². The minimum Gasteiger partial charge on any atom is -0.496 e. The molecular weight excluding hydrogens is 316 g/mol. The van der Waals surface area contributed by atoms with E-state index in [1.807, 2.05) is 43.3 Å². The Morgan fingerprint density at radius 2 is 1.88 bits per heavy atom. The van der Waals surface area contributed by atoms with Crippen LogP contribution in [0.15, 0.2) is 59.4 Å². The molecule has 1 amide bonds. The third kappa shape index (κ3) is 3.71. The second kappa shape index (κ2) is 7.21. The highest BCUT2D eigenvalue weighted by atomic mass is 16.5. The number of carbonyl (C=O) groups is 1. The Hall–Kier alpha value is -3.08. The monoisotopic (exact) mass is 336 g/mol. The van der Waals surface area contributed by atoms with Crippen LogP contribution in [-0.2, 0) is 6.42 Å². The van der Waals surface area contributed by atoms with Gasteiger partial charge in [0.05, 0.1) is 7.11 Å². The highest BCUT2D eigenvalue weighted by Gasteiger charge is 2.14. The van der Waals surface area contributed by atoms with Gasteiger partial charge in [-0.05, 0) is 42.5 Å². The molecule has 0 aliphatic rings. The smallest absolute Gasteiger partial charge is 0.268 e. The summed E-state index contributed by atoms with van der Waals surface area (Å²) in [5, 5.41) is 4.24. The van der Waals surface area contributed by atoms with Gasteiger partial charge in [-0.3, -0.25) is 9.59 Å². The van der Waals surface area contributed by atoms with E-state index in [9.17, 15) is 9.59 Å². The fourth-order valence-electron chi connectivity index (χ4n) is 2.89. The highest BCUT2D eigenvalue weighted by Crippen LogP contribution is 2.19. The zero-order chi connectivity index (χ0) is 17.8. The van der Waals surface area contributed by atoms with Gasteiger partial charge in [-0.2, -0.15) is 0 Å². The van der Waals surface area contributed by atoms with Gasteiger partial charge in [-0.1, -0.05) is 36.4 Å². The molecule has 5 heteroatoms. The molecule has 2 aromatic carbocycles. The molecule has 0 aliphatic heterocycles. The fourth-order valence-corrected chi connectivity index (χ4v) is 2.89. The van der Waals surface area contributed by atoms with E-state index >= 15 is 0 Å². The molecule has 128 valence electrons. The second-order valence-electron chi connectivity index (χ2n) is 5.99. The van der Waals surface area contributed by atoms with E-state index in [4.69, 9.17) is 4.74 Å². The van der Waals surface area contributed by atoms with E-state index in [1.165, 1.54) is 0 Å². The average Bonchev–Trinajstić information content (AvgIpc) is 2.62. The van der Waals surface area contributed by atoms with Crippen LogP contribution < -0.4 is 15.6 Å². The molecule has 25 heavy (non-hydrogen) atoms. The summed E-state index contributed by atoms with van der Waals surface area (Å²) in [4.78, 5) is 27.2. The summed E-state index contributed by atoms with van der Waals surface area (Å²) in [7, 11) is 1.63. The van der Waals surface area contributed by atoms with Crippen LogP contribution in [0.1, 0.15) is 23.0 Å². The van der Waals surface area contributed by atoms with E-state index in [0.29, 0.717) is 11.8 Å². The molecule has 1 heterocycles. The van der Waals surface area contributed by atoms with E-state index in [1.54, 1.807) is 25.3 Å². The predicted octanol–water partition coefficient (Wildman–Crippen LogP) is 2.90. The molecular formula is C20H20N2O3. The van der Waals surface area contributed by atoms with Crippen molar-refractivity contribution in [1.82, 2.24) is 10.3 Å². The first-order valence-electron chi connectivity index (χ1n) is 8.13. The lowest BCUT2D eigenvalue weighted by Gasteiger charge is -2.16. The van der Waals surface area contributed by atoms with Crippen molar-refractivity contribution < 1.29 is 9.53 Å². The van der Waals surface area contributed by atoms with Crippen LogP contribution in [-0.4, -0.2) is 24.0 Å². The first-order chi connectivity index (χ1) is 12.1. The lowest BCUT2D eigenvalue weighted by atomic mass is 10.1. The molecule has 1 atom stereocenters. The molecule has 2 N–H and O–H groups in total. The normalized spacial score (nSPS) is 11.9. The number of methoxy groups -OCH3 is 1. The Kier molecular flexibility index (Phi) is 4.84. The van der Waals surface area contributed by atoms with Crippen LogP contribution in [0.5, 0.6) is 5.75 Å². The summed E-state index contributed by atoms with van der Waals surface area (Å²) in [6.45, 7) is 1.92. The van der Waals surface area contributed by atoms with Crippen molar-refractivity contribution in [2.24, 2.45) is 0 Å². The number of nitrogens with one attached hydrogen (secondary N) is 2. The second-order valence-corrected chi connectivity index (χ2v) is 5.99. The summed E-state index contributed by atoms with van der Waals surface area (Å²) < 4.78 is 5.34. The van der Waals surface area contributed by atoms with Gasteiger partial charge >= 0.3 is 0 Å². The molecule has 0 saturated heterocycles. The first-order valence-corrected chi connectivity index (χ1v) is 8.13. The number of H-pyrrole nitrogens is 1. The molecule has 1 aromatic heterocycles. The fraction of sp³-hybridized carbons (Fsp3) is 0.200. The highest BCUT2D eigenvalue weighted by molar-refractivity contribution is 5.96. The number of amides is 1. The Bertz CT molecular complexity index is 962. The number of aromatic nitrogens is 1. The van der Waals surface area contributed by atoms with Gasteiger partial charge < -0.3 is 15.0 Å². The average molecular weight is 336 g/mol. The molecule has 0 unspecified atom stereocenters. The Morgan fingerprint density at radius 3 is 2.68 bits per heavy atom. The number of para-hydroxylation sites is 1. The van der Waals surface area contributed by atoms with Crippen LogP contribution in [0.3, 0.4) is 0 Å². The van der Waals surface area contributed by atoms with Gasteiger partial charge in [0.2, 0.25) is 0 Å². The number of hydrogen-bond donors (Lipinski definition) is 2. The molecule has 3 aromatic rings. The molecule has 0 radical (unpaired) electrons. The summed E-state index contributed by atoms with van der Waals surface area (Å²) >= 11 is 0. The summed E-state index contributed by atoms with van der Waals surface area (Å²) in [5.74, 6) is 0.493. The van der Waals surface area contributed by atoms with Gasteiger partial charge in [-0.25, -0.2) is 0 Å². The number of rotatable bonds is 5. The summed E-state index contributed by atoms with van der Waals surface area (Å²) in [6, 6.07) is 16.5. The molecule has 0 saturated carbocycles. The van der Waals surface area contributed by atoms with Crippen LogP contribution in [0.25, 0.3) is 10.8 Å². The maximum absolute atomic E-state index is 12.5. The molecule has 0 spiro atoms. The number of carbonyl (C=O) groups excluding carboxylic acids is 1. The lowest BCUT2D eigenvalue weighted by Crippen LogP contribution is -2.35. The maximum Gasteiger partial charge on any atom is 0.268 e. The number of pyridine rings is 1. The number of hydrogen-bond acceptors (Lipinski definition) is 3. The minimum absolute atomic E-state index is 0.112. The van der Waals surface area contributed by atoms with E-state index in [-0.39, 0.29) is 23.2 Å². The standard InChI is InChI=1S/C20H20N2O3/c1-13(11-15-8-4-6-10-18(15)25-2)21-20(24)17-12-14-7-3-5-9-16(14)19(23)22-17/h3-10,12-13H,11H2,1-2H3,(H,21,24)(H,22,23)/t13-/m0/s1. The lowest BCUT2D eigenvalue weighted by molar-refractivity contribution is 0.0935. The quantitative estimate of drug-likeness (QED) is 0.752. The minimum atomic E-state index is -0.301. The van der Waals surface area contributed by atoms with Crippen molar-refractivity contribution in [2.75, 3.05) is 7.11 Å². The van der Waals surface area contributed by atoms with Crippen molar-refractivity contribution >= 4 is 16.7 Å². The number of fused-ring (bicyclic) bond motifs is 1. The van der Waals surface area contributed by atoms with Crippen molar-refractivity contribution in [1.29, 1.82) is 0 Å². The van der Waals surface area contributed by atoms with Crippen LogP contribution >= 0.6 is 0 Å². The zero-order valence-corrected chi connectivity index (χ0v) is 14.2. The third-order valence-corrected chi connectivity index (χ3v) is 4.09. The van der Waals surface area contributed by atoms with Crippen molar-refractivity contribution in [3.05, 3.63) is 76.2 Å². The predicted molar refractivity (Wildman–Crippen MR) is 98.2 cm³/mol. The molecule has 3 rings (SSSR count). The van der Waals surface area contributed by atoms with Crippen molar-refractivity contribution in [3.8, 4) is 5.75 Å². The number of aromatic amines is 1. The molecule has 5 nitrogen and oxygen atoms in total. The van der Waals surface area contributed by atoms with E-state index in [2.05, 4.69) is 10.3 Å². The SMILES string of the molecule is COc1ccccc1C[C@H](C)NC(=O)c1cc2ccccc2c(=O)[nH]1. The van der Waals surface area contributed by atoms with Gasteiger partial charge in [-0.15, -0.1) is 0 Å². The number of ether oxygens (including phenoxy) is 1. The Labute approximate surface area is 145 Å². The van der Waals surface area contributed by atoms with E-state index < -0.39 is 0 Å². The summed E-state index contributed by atoms with van der Waals surface area (Å²) in [5.41, 5.74) is 1.01. The van der Waals surface area contributed by atoms with Crippen molar-refractivity contribution in [2.45, 2.75) is 19.4 Å². The zero-order valence-electron chi connectivity index (χ0n) is 14.2. The Morgan fingerprint density at radius 1 is 1.16 bits per heavy atom. The van der Waals surface area contributed by atoms with Crippen LogP contribution in [0.4, 0.5) is 0 Å².